The van der Waals surface area contributed by atoms with E-state index in [0.29, 0.717) is 12.1 Å². The molecule has 0 radical (unpaired) electrons. The second-order valence-electron chi connectivity index (χ2n) is 4.54. The average molecular weight is 343 g/mol. The number of unbranched alkanes of at least 4 members (excludes halogenated alkanes) is 1. The minimum Gasteiger partial charge on any atom is -0.480 e. The maximum Gasteiger partial charge on any atom is 0.326 e. The van der Waals surface area contributed by atoms with Gasteiger partial charge in [-0.05, 0) is 31.0 Å². The Kier molecular flexibility index (Phi) is 6.51. The summed E-state index contributed by atoms with van der Waals surface area (Å²) in [5.41, 5.74) is 1.54. The van der Waals surface area contributed by atoms with Gasteiger partial charge < -0.3 is 15.7 Å². The van der Waals surface area contributed by atoms with Crippen molar-refractivity contribution in [2.24, 2.45) is 0 Å². The first-order valence-electron chi connectivity index (χ1n) is 6.51. The fourth-order valence-electron chi connectivity index (χ4n) is 1.73. The molecular formula is C14H19BrN2O3. The third kappa shape index (κ3) is 4.85. The number of carbonyl (C=O) groups excluding carboxylic acids is 1. The molecule has 1 aromatic carbocycles. The molecule has 3 N–H and O–H groups in total. The van der Waals surface area contributed by atoms with Crippen LogP contribution < -0.4 is 10.6 Å². The molecule has 0 unspecified atom stereocenters. The van der Waals surface area contributed by atoms with Crippen LogP contribution in [0, 0.1) is 6.92 Å². The van der Waals surface area contributed by atoms with E-state index in [0.717, 1.165) is 22.9 Å². The van der Waals surface area contributed by atoms with Crippen LogP contribution in [-0.4, -0.2) is 23.1 Å². The highest BCUT2D eigenvalue weighted by molar-refractivity contribution is 9.10. The zero-order chi connectivity index (χ0) is 15.1. The van der Waals surface area contributed by atoms with Gasteiger partial charge in [0.1, 0.15) is 6.04 Å². The zero-order valence-corrected chi connectivity index (χ0v) is 13.2. The molecule has 1 atom stereocenters. The molecule has 0 saturated carbocycles. The molecule has 5 nitrogen and oxygen atoms in total. The number of urea groups is 1. The summed E-state index contributed by atoms with van der Waals surface area (Å²) in [7, 11) is 0. The third-order valence-electron chi connectivity index (χ3n) is 2.97. The minimum absolute atomic E-state index is 0.427. The number of hydrogen-bond acceptors (Lipinski definition) is 2. The summed E-state index contributed by atoms with van der Waals surface area (Å²) in [4.78, 5) is 22.9. The number of nitrogens with one attached hydrogen (secondary N) is 2. The Morgan fingerprint density at radius 3 is 2.70 bits per heavy atom. The summed E-state index contributed by atoms with van der Waals surface area (Å²) < 4.78 is 0.885. The van der Waals surface area contributed by atoms with Crippen LogP contribution in [0.5, 0.6) is 0 Å². The molecule has 110 valence electrons. The predicted octanol–water partition coefficient (Wildman–Crippen LogP) is 3.52. The van der Waals surface area contributed by atoms with Gasteiger partial charge in [-0.15, -0.1) is 0 Å². The van der Waals surface area contributed by atoms with Crippen molar-refractivity contribution in [1.82, 2.24) is 5.32 Å². The van der Waals surface area contributed by atoms with Gasteiger partial charge in [-0.2, -0.15) is 0 Å². The Labute approximate surface area is 126 Å². The molecule has 0 saturated heterocycles. The van der Waals surface area contributed by atoms with Gasteiger partial charge in [0.25, 0.3) is 0 Å². The number of hydrogen-bond donors (Lipinski definition) is 3. The van der Waals surface area contributed by atoms with Crippen molar-refractivity contribution >= 4 is 33.6 Å². The van der Waals surface area contributed by atoms with Gasteiger partial charge in [-0.1, -0.05) is 41.8 Å². The van der Waals surface area contributed by atoms with E-state index in [4.69, 9.17) is 5.11 Å². The van der Waals surface area contributed by atoms with E-state index in [1.807, 2.05) is 19.9 Å². The number of carbonyl (C=O) groups is 2. The van der Waals surface area contributed by atoms with Crippen molar-refractivity contribution in [2.45, 2.75) is 39.2 Å². The summed E-state index contributed by atoms with van der Waals surface area (Å²) in [6.07, 6.45) is 2.07. The topological polar surface area (TPSA) is 78.4 Å². The summed E-state index contributed by atoms with van der Waals surface area (Å²) in [6.45, 7) is 3.84. The second kappa shape index (κ2) is 7.89. The van der Waals surface area contributed by atoms with Gasteiger partial charge in [0.2, 0.25) is 0 Å². The first-order chi connectivity index (χ1) is 9.45. The van der Waals surface area contributed by atoms with Crippen molar-refractivity contribution in [1.29, 1.82) is 0 Å². The molecule has 1 aromatic rings. The SMILES string of the molecule is CCCC[C@H](NC(=O)Nc1cccc(Br)c1C)C(=O)O. The highest BCUT2D eigenvalue weighted by atomic mass is 79.9. The zero-order valence-electron chi connectivity index (χ0n) is 11.6. The summed E-state index contributed by atoms with van der Waals surface area (Å²) in [5, 5.41) is 14.2. The summed E-state index contributed by atoms with van der Waals surface area (Å²) >= 11 is 3.38. The fraction of sp³-hybridized carbons (Fsp3) is 0.429. The Morgan fingerprint density at radius 1 is 1.40 bits per heavy atom. The molecule has 0 aliphatic heterocycles. The molecule has 0 spiro atoms. The first kappa shape index (κ1) is 16.5. The van der Waals surface area contributed by atoms with Crippen molar-refractivity contribution in [2.75, 3.05) is 5.32 Å². The number of carboxylic acid groups (broad SMARTS) is 1. The van der Waals surface area contributed by atoms with Crippen LogP contribution in [0.25, 0.3) is 0 Å². The average Bonchev–Trinajstić information content (AvgIpc) is 2.39. The number of halogens is 1. The van der Waals surface area contributed by atoms with Crippen molar-refractivity contribution in [3.63, 3.8) is 0 Å². The van der Waals surface area contributed by atoms with Crippen LogP contribution in [-0.2, 0) is 4.79 Å². The first-order valence-corrected chi connectivity index (χ1v) is 7.30. The number of benzene rings is 1. The van der Waals surface area contributed by atoms with Crippen molar-refractivity contribution in [3.05, 3.63) is 28.2 Å². The van der Waals surface area contributed by atoms with Gasteiger partial charge >= 0.3 is 12.0 Å². The summed E-state index contributed by atoms with van der Waals surface area (Å²) in [6, 6.07) is 4.08. The van der Waals surface area contributed by atoms with Crippen LogP contribution in [0.2, 0.25) is 0 Å². The van der Waals surface area contributed by atoms with Gasteiger partial charge in [-0.25, -0.2) is 9.59 Å². The number of anilines is 1. The maximum absolute atomic E-state index is 11.9. The number of rotatable bonds is 6. The molecule has 1 rings (SSSR count). The third-order valence-corrected chi connectivity index (χ3v) is 3.82. The van der Waals surface area contributed by atoms with E-state index in [1.165, 1.54) is 0 Å². The van der Waals surface area contributed by atoms with E-state index in [-0.39, 0.29) is 0 Å². The molecule has 0 aliphatic rings. The Bertz CT molecular complexity index is 491. The molecule has 0 bridgehead atoms. The highest BCUT2D eigenvalue weighted by Gasteiger charge is 2.19. The van der Waals surface area contributed by atoms with Crippen LogP contribution in [0.1, 0.15) is 31.7 Å². The standard InChI is InChI=1S/C14H19BrN2O3/c1-3-4-7-12(13(18)19)17-14(20)16-11-8-5-6-10(15)9(11)2/h5-6,8,12H,3-4,7H2,1-2H3,(H,18,19)(H2,16,17,20)/t12-/m0/s1. The van der Waals surface area contributed by atoms with E-state index in [1.54, 1.807) is 12.1 Å². The lowest BCUT2D eigenvalue weighted by molar-refractivity contribution is -0.139. The molecule has 0 heterocycles. The van der Waals surface area contributed by atoms with E-state index in [2.05, 4.69) is 26.6 Å². The lowest BCUT2D eigenvalue weighted by Gasteiger charge is -2.16. The maximum atomic E-state index is 11.9. The van der Waals surface area contributed by atoms with Crippen molar-refractivity contribution in [3.8, 4) is 0 Å². The molecule has 0 aromatic heterocycles. The molecule has 0 aliphatic carbocycles. The largest absolute Gasteiger partial charge is 0.480 e. The van der Waals surface area contributed by atoms with E-state index < -0.39 is 18.0 Å². The van der Waals surface area contributed by atoms with Crippen LogP contribution in [0.15, 0.2) is 22.7 Å². The highest BCUT2D eigenvalue weighted by Crippen LogP contribution is 2.23. The smallest absolute Gasteiger partial charge is 0.326 e. The lowest BCUT2D eigenvalue weighted by atomic mass is 10.1. The number of amides is 2. The van der Waals surface area contributed by atoms with Gasteiger partial charge in [-0.3, -0.25) is 0 Å². The Hall–Kier alpha value is -1.56. The number of aliphatic carboxylic acids is 1. The van der Waals surface area contributed by atoms with Crippen LogP contribution in [0.4, 0.5) is 10.5 Å². The van der Waals surface area contributed by atoms with Crippen LogP contribution >= 0.6 is 15.9 Å². The molecule has 2 amide bonds. The molecule has 0 fully saturated rings. The van der Waals surface area contributed by atoms with Gasteiger partial charge in [0.05, 0.1) is 0 Å². The van der Waals surface area contributed by atoms with E-state index >= 15 is 0 Å². The fourth-order valence-corrected chi connectivity index (χ4v) is 2.09. The molecule has 6 heteroatoms. The second-order valence-corrected chi connectivity index (χ2v) is 5.40. The predicted molar refractivity (Wildman–Crippen MR) is 82.0 cm³/mol. The monoisotopic (exact) mass is 342 g/mol. The Balaban J connectivity index is 2.66. The Morgan fingerprint density at radius 2 is 2.10 bits per heavy atom. The number of carboxylic acids is 1. The summed E-state index contributed by atoms with van der Waals surface area (Å²) in [5.74, 6) is -1.01. The molecule has 20 heavy (non-hydrogen) atoms. The minimum atomic E-state index is -1.01. The normalized spacial score (nSPS) is 11.8. The van der Waals surface area contributed by atoms with Crippen LogP contribution in [0.3, 0.4) is 0 Å². The van der Waals surface area contributed by atoms with E-state index in [9.17, 15) is 9.59 Å². The molecular weight excluding hydrogens is 324 g/mol. The van der Waals surface area contributed by atoms with Gasteiger partial charge in [0, 0.05) is 10.2 Å². The van der Waals surface area contributed by atoms with Gasteiger partial charge in [0.15, 0.2) is 0 Å². The van der Waals surface area contributed by atoms with Crippen molar-refractivity contribution < 1.29 is 14.7 Å². The quantitative estimate of drug-likeness (QED) is 0.739. The lowest BCUT2D eigenvalue weighted by Crippen LogP contribution is -2.43.